The molecule has 2 rings (SSSR count). The fraction of sp³-hybridized carbons (Fsp3) is 0.0909. The molecule has 0 aliphatic rings. The minimum absolute atomic E-state index is 0.0860. The molecule has 1 N–H and O–H groups in total. The number of nitrogens with zero attached hydrogens (tertiary/aromatic N) is 1. The van der Waals surface area contributed by atoms with E-state index in [0.717, 1.165) is 11.3 Å². The standard InChI is InChI=1S/C11H9ClN2O3S2/c1-7-9(12)3-2-4-10(7)19(16,17)14-11-13-8(5-15)6-18-11/h2-6H,1H3,(H,13,14). The van der Waals surface area contributed by atoms with Crippen LogP contribution < -0.4 is 4.72 Å². The second kappa shape index (κ2) is 5.28. The zero-order chi connectivity index (χ0) is 14.0. The van der Waals surface area contributed by atoms with Crippen LogP contribution in [-0.2, 0) is 10.0 Å². The van der Waals surface area contributed by atoms with E-state index in [-0.39, 0.29) is 15.7 Å². The molecule has 1 heterocycles. The third-order valence-electron chi connectivity index (χ3n) is 2.37. The topological polar surface area (TPSA) is 76.1 Å². The maximum atomic E-state index is 12.2. The van der Waals surface area contributed by atoms with E-state index in [1.807, 2.05) is 0 Å². The van der Waals surface area contributed by atoms with Crippen LogP contribution in [0, 0.1) is 6.92 Å². The molecule has 0 saturated heterocycles. The van der Waals surface area contributed by atoms with Crippen LogP contribution in [0.15, 0.2) is 28.5 Å². The first-order valence-corrected chi connectivity index (χ1v) is 7.87. The van der Waals surface area contributed by atoms with Crippen LogP contribution in [0.5, 0.6) is 0 Å². The van der Waals surface area contributed by atoms with E-state index in [0.29, 0.717) is 16.9 Å². The van der Waals surface area contributed by atoms with Gasteiger partial charge >= 0.3 is 0 Å². The summed E-state index contributed by atoms with van der Waals surface area (Å²) in [5.41, 5.74) is 0.648. The number of hydrogen-bond acceptors (Lipinski definition) is 5. The van der Waals surface area contributed by atoms with Crippen molar-refractivity contribution in [1.82, 2.24) is 4.98 Å². The molecular weight excluding hydrogens is 308 g/mol. The number of carbonyl (C=O) groups is 1. The van der Waals surface area contributed by atoms with Crippen molar-refractivity contribution in [1.29, 1.82) is 0 Å². The van der Waals surface area contributed by atoms with Crippen LogP contribution in [-0.4, -0.2) is 19.7 Å². The third-order valence-corrected chi connectivity index (χ3v) is 5.17. The number of anilines is 1. The van der Waals surface area contributed by atoms with E-state index in [4.69, 9.17) is 11.6 Å². The van der Waals surface area contributed by atoms with Crippen LogP contribution in [0.25, 0.3) is 0 Å². The van der Waals surface area contributed by atoms with E-state index < -0.39 is 10.0 Å². The predicted molar refractivity (Wildman–Crippen MR) is 74.5 cm³/mol. The number of aldehydes is 1. The van der Waals surface area contributed by atoms with Crippen molar-refractivity contribution in [3.05, 3.63) is 39.9 Å². The van der Waals surface area contributed by atoms with Crippen LogP contribution in [0.1, 0.15) is 16.1 Å². The quantitative estimate of drug-likeness (QED) is 0.880. The molecule has 8 heteroatoms. The molecule has 19 heavy (non-hydrogen) atoms. The summed E-state index contributed by atoms with van der Waals surface area (Å²) >= 11 is 6.94. The molecule has 0 radical (unpaired) electrons. The second-order valence-corrected chi connectivity index (χ2v) is 6.58. The number of thiazole rings is 1. The Kier molecular flexibility index (Phi) is 3.88. The van der Waals surface area contributed by atoms with E-state index in [1.54, 1.807) is 19.1 Å². The molecule has 0 atom stereocenters. The number of rotatable bonds is 4. The Morgan fingerprint density at radius 1 is 1.42 bits per heavy atom. The van der Waals surface area contributed by atoms with Gasteiger partial charge in [0, 0.05) is 10.4 Å². The summed E-state index contributed by atoms with van der Waals surface area (Å²) in [5.74, 6) is 0. The highest BCUT2D eigenvalue weighted by Gasteiger charge is 2.19. The van der Waals surface area contributed by atoms with Gasteiger partial charge in [-0.2, -0.15) is 0 Å². The van der Waals surface area contributed by atoms with Crippen LogP contribution in [0.2, 0.25) is 5.02 Å². The highest BCUT2D eigenvalue weighted by atomic mass is 35.5. The first-order valence-electron chi connectivity index (χ1n) is 5.12. The Balaban J connectivity index is 2.37. The van der Waals surface area contributed by atoms with Gasteiger partial charge in [-0.25, -0.2) is 13.4 Å². The summed E-state index contributed by atoms with van der Waals surface area (Å²) in [6.45, 7) is 1.62. The van der Waals surface area contributed by atoms with Crippen molar-refractivity contribution in [2.75, 3.05) is 4.72 Å². The van der Waals surface area contributed by atoms with Gasteiger partial charge in [-0.3, -0.25) is 9.52 Å². The van der Waals surface area contributed by atoms with Gasteiger partial charge in [-0.15, -0.1) is 11.3 Å². The van der Waals surface area contributed by atoms with E-state index in [1.165, 1.54) is 11.4 Å². The Hall–Kier alpha value is -1.44. The molecule has 100 valence electrons. The van der Waals surface area contributed by atoms with E-state index in [2.05, 4.69) is 9.71 Å². The van der Waals surface area contributed by atoms with Gasteiger partial charge in [0.2, 0.25) is 0 Å². The van der Waals surface area contributed by atoms with Crippen molar-refractivity contribution < 1.29 is 13.2 Å². The lowest BCUT2D eigenvalue weighted by Crippen LogP contribution is -2.14. The van der Waals surface area contributed by atoms with Crippen LogP contribution in [0.4, 0.5) is 5.13 Å². The monoisotopic (exact) mass is 316 g/mol. The largest absolute Gasteiger partial charge is 0.296 e. The Morgan fingerprint density at radius 3 is 2.79 bits per heavy atom. The van der Waals surface area contributed by atoms with Gasteiger partial charge in [-0.05, 0) is 24.6 Å². The van der Waals surface area contributed by atoms with Gasteiger partial charge in [-0.1, -0.05) is 17.7 Å². The van der Waals surface area contributed by atoms with Gasteiger partial charge in [0.05, 0.1) is 4.90 Å². The molecule has 0 bridgehead atoms. The molecule has 5 nitrogen and oxygen atoms in total. The summed E-state index contributed by atoms with van der Waals surface area (Å²) in [6.07, 6.45) is 0.554. The Bertz CT molecular complexity index is 725. The fourth-order valence-electron chi connectivity index (χ4n) is 1.44. The number of aromatic nitrogens is 1. The number of halogens is 1. The van der Waals surface area contributed by atoms with Crippen molar-refractivity contribution in [3.8, 4) is 0 Å². The van der Waals surface area contributed by atoms with Crippen molar-refractivity contribution >= 4 is 44.4 Å². The molecular formula is C11H9ClN2O3S2. The third kappa shape index (κ3) is 2.94. The molecule has 1 aromatic heterocycles. The lowest BCUT2D eigenvalue weighted by Gasteiger charge is -2.08. The van der Waals surface area contributed by atoms with E-state index in [9.17, 15) is 13.2 Å². The Morgan fingerprint density at radius 2 is 2.16 bits per heavy atom. The number of benzene rings is 1. The van der Waals surface area contributed by atoms with Crippen LogP contribution in [0.3, 0.4) is 0 Å². The maximum absolute atomic E-state index is 12.2. The normalized spacial score (nSPS) is 11.3. The van der Waals surface area contributed by atoms with Gasteiger partial charge in [0.1, 0.15) is 5.69 Å². The van der Waals surface area contributed by atoms with Crippen molar-refractivity contribution in [3.63, 3.8) is 0 Å². The molecule has 0 saturated carbocycles. The summed E-state index contributed by atoms with van der Waals surface area (Å²) in [6, 6.07) is 4.63. The molecule has 0 aliphatic heterocycles. The average molecular weight is 317 g/mol. The fourth-order valence-corrected chi connectivity index (χ4v) is 3.84. The number of carbonyl (C=O) groups excluding carboxylic acids is 1. The summed E-state index contributed by atoms with van der Waals surface area (Å²) in [4.78, 5) is 14.4. The predicted octanol–water partition coefficient (Wildman–Crippen LogP) is 2.72. The summed E-state index contributed by atoms with van der Waals surface area (Å²) in [7, 11) is -3.76. The maximum Gasteiger partial charge on any atom is 0.263 e. The number of nitrogens with one attached hydrogen (secondary N) is 1. The molecule has 0 aliphatic carbocycles. The zero-order valence-corrected chi connectivity index (χ0v) is 12.1. The number of hydrogen-bond donors (Lipinski definition) is 1. The SMILES string of the molecule is Cc1c(Cl)cccc1S(=O)(=O)Nc1nc(C=O)cs1. The summed E-state index contributed by atoms with van der Waals surface area (Å²) < 4.78 is 26.7. The zero-order valence-electron chi connectivity index (χ0n) is 9.75. The Labute approximate surface area is 119 Å². The van der Waals surface area contributed by atoms with Gasteiger partial charge < -0.3 is 0 Å². The second-order valence-electron chi connectivity index (χ2n) is 3.66. The summed E-state index contributed by atoms with van der Waals surface area (Å²) in [5, 5.41) is 1.98. The van der Waals surface area contributed by atoms with Gasteiger partial charge in [0.15, 0.2) is 11.4 Å². The molecule has 0 spiro atoms. The molecule has 0 fully saturated rings. The molecule has 1 aromatic carbocycles. The lowest BCUT2D eigenvalue weighted by atomic mass is 10.2. The number of sulfonamides is 1. The highest BCUT2D eigenvalue weighted by molar-refractivity contribution is 7.93. The minimum Gasteiger partial charge on any atom is -0.296 e. The van der Waals surface area contributed by atoms with Crippen molar-refractivity contribution in [2.45, 2.75) is 11.8 Å². The molecule has 2 aromatic rings. The molecule has 0 amide bonds. The smallest absolute Gasteiger partial charge is 0.263 e. The van der Waals surface area contributed by atoms with Crippen LogP contribution >= 0.6 is 22.9 Å². The minimum atomic E-state index is -3.76. The average Bonchev–Trinajstić information content (AvgIpc) is 2.79. The first kappa shape index (κ1) is 14.0. The van der Waals surface area contributed by atoms with Gasteiger partial charge in [0.25, 0.3) is 10.0 Å². The van der Waals surface area contributed by atoms with Crippen molar-refractivity contribution in [2.24, 2.45) is 0 Å². The highest BCUT2D eigenvalue weighted by Crippen LogP contribution is 2.25. The van der Waals surface area contributed by atoms with E-state index >= 15 is 0 Å². The molecule has 0 unspecified atom stereocenters. The first-order chi connectivity index (χ1) is 8.94. The lowest BCUT2D eigenvalue weighted by molar-refractivity contribution is 0.111.